The Morgan fingerprint density at radius 3 is 1.56 bits per heavy atom. The van der Waals surface area contributed by atoms with Crippen molar-refractivity contribution < 1.29 is 4.42 Å². The highest BCUT2D eigenvalue weighted by molar-refractivity contribution is 6.19. The van der Waals surface area contributed by atoms with Gasteiger partial charge in [-0.2, -0.15) is 9.97 Å². The van der Waals surface area contributed by atoms with Gasteiger partial charge in [-0.15, -0.1) is 0 Å². The molecule has 0 aliphatic rings. The number of aromatic nitrogens is 5. The lowest BCUT2D eigenvalue weighted by atomic mass is 9.97. The van der Waals surface area contributed by atoms with Crippen molar-refractivity contribution in [1.29, 1.82) is 0 Å². The van der Waals surface area contributed by atoms with Gasteiger partial charge in [0.1, 0.15) is 11.2 Å². The van der Waals surface area contributed by atoms with Crippen LogP contribution in [-0.2, 0) is 0 Å². The monoisotopic (exact) mass is 805 g/mol. The maximum atomic E-state index is 6.35. The number of para-hydroxylation sites is 3. The van der Waals surface area contributed by atoms with Crippen LogP contribution in [0.25, 0.3) is 122 Å². The van der Waals surface area contributed by atoms with Crippen LogP contribution in [0.2, 0.25) is 0 Å². The molecule has 4 heterocycles. The molecule has 0 fully saturated rings. The molecule has 6 nitrogen and oxygen atoms in total. The zero-order valence-electron chi connectivity index (χ0n) is 33.9. The SMILES string of the molecule is c1ccc(-c2ccc(-n3c4ccccc4c4cc5c6ccccc6n(-c6nc(-c7ccccc7)nc(-c7ccc8c(c7)oc7ccccc78)n6)c5cc43)c(-c3ccccc3)c2)cc1. The number of nitrogens with zero attached hydrogens (tertiary/aromatic N) is 5. The predicted molar refractivity (Wildman–Crippen MR) is 258 cm³/mol. The van der Waals surface area contributed by atoms with Crippen LogP contribution in [0.4, 0.5) is 0 Å². The summed E-state index contributed by atoms with van der Waals surface area (Å²) in [4.78, 5) is 15.7. The Morgan fingerprint density at radius 1 is 0.302 bits per heavy atom. The maximum absolute atomic E-state index is 6.35. The lowest BCUT2D eigenvalue weighted by molar-refractivity contribution is 0.669. The van der Waals surface area contributed by atoms with Crippen molar-refractivity contribution in [3.63, 3.8) is 0 Å². The smallest absolute Gasteiger partial charge is 0.238 e. The van der Waals surface area contributed by atoms with Gasteiger partial charge in [0.15, 0.2) is 11.6 Å². The van der Waals surface area contributed by atoms with E-state index in [1.807, 2.05) is 54.6 Å². The fraction of sp³-hybridized carbons (Fsp3) is 0. The second-order valence-electron chi connectivity index (χ2n) is 16.0. The van der Waals surface area contributed by atoms with Crippen LogP contribution in [0, 0.1) is 0 Å². The summed E-state index contributed by atoms with van der Waals surface area (Å²) < 4.78 is 11.0. The van der Waals surface area contributed by atoms with Crippen LogP contribution in [-0.4, -0.2) is 24.1 Å². The predicted octanol–water partition coefficient (Wildman–Crippen LogP) is 14.6. The summed E-state index contributed by atoms with van der Waals surface area (Å²) in [7, 11) is 0. The Morgan fingerprint density at radius 2 is 0.841 bits per heavy atom. The molecule has 0 saturated heterocycles. The van der Waals surface area contributed by atoms with E-state index in [4.69, 9.17) is 19.4 Å². The van der Waals surface area contributed by atoms with Crippen molar-refractivity contribution in [2.75, 3.05) is 0 Å². The van der Waals surface area contributed by atoms with E-state index >= 15 is 0 Å². The molecule has 0 radical (unpaired) electrons. The molecule has 6 heteroatoms. The Balaban J connectivity index is 1.09. The molecule has 0 atom stereocenters. The standard InChI is InChI=1S/C57H35N5O/c1-4-16-36(17-5-1)39-29-31-50(45(32-39)37-18-6-2-7-19-37)61-48-25-13-10-22-41(48)46-34-47-42-23-11-14-26-49(42)62(52(47)35-51(46)61)57-59-55(38-20-8-3-9-21-38)58-56(60-57)40-28-30-44-43-24-12-15-27-53(43)63-54(44)33-40/h1-35H. The van der Waals surface area contributed by atoms with Crippen molar-refractivity contribution in [2.24, 2.45) is 0 Å². The van der Waals surface area contributed by atoms with E-state index in [1.54, 1.807) is 0 Å². The van der Waals surface area contributed by atoms with Gasteiger partial charge in [-0.25, -0.2) is 4.98 Å². The van der Waals surface area contributed by atoms with Gasteiger partial charge in [-0.05, 0) is 71.3 Å². The fourth-order valence-corrected chi connectivity index (χ4v) is 9.47. The number of benzene rings is 9. The molecule has 13 aromatic rings. The lowest BCUT2D eigenvalue weighted by Gasteiger charge is -2.16. The highest BCUT2D eigenvalue weighted by atomic mass is 16.3. The summed E-state index contributed by atoms with van der Waals surface area (Å²) in [5.74, 6) is 1.69. The maximum Gasteiger partial charge on any atom is 0.238 e. The number of furan rings is 1. The third-order valence-electron chi connectivity index (χ3n) is 12.4. The van der Waals surface area contributed by atoms with Gasteiger partial charge >= 0.3 is 0 Å². The minimum absolute atomic E-state index is 0.536. The van der Waals surface area contributed by atoms with Crippen molar-refractivity contribution >= 4 is 65.6 Å². The average molecular weight is 806 g/mol. The summed E-state index contributed by atoms with van der Waals surface area (Å²) in [6.07, 6.45) is 0. The molecule has 4 aromatic heterocycles. The van der Waals surface area contributed by atoms with Gasteiger partial charge in [0.2, 0.25) is 5.95 Å². The van der Waals surface area contributed by atoms with Gasteiger partial charge in [0.25, 0.3) is 0 Å². The van der Waals surface area contributed by atoms with Crippen LogP contribution >= 0.6 is 0 Å². The van der Waals surface area contributed by atoms with Gasteiger partial charge in [-0.3, -0.25) is 4.57 Å². The first-order valence-electron chi connectivity index (χ1n) is 21.2. The van der Waals surface area contributed by atoms with Gasteiger partial charge in [0.05, 0.1) is 27.8 Å². The topological polar surface area (TPSA) is 61.7 Å². The van der Waals surface area contributed by atoms with Crippen molar-refractivity contribution in [3.8, 4) is 56.7 Å². The molecular formula is C57H35N5O. The molecule has 9 aromatic carbocycles. The Bertz CT molecular complexity index is 3900. The second kappa shape index (κ2) is 14.0. The van der Waals surface area contributed by atoms with E-state index in [9.17, 15) is 0 Å². The van der Waals surface area contributed by atoms with E-state index in [0.29, 0.717) is 17.6 Å². The highest BCUT2D eigenvalue weighted by Gasteiger charge is 2.23. The first-order chi connectivity index (χ1) is 31.2. The number of hydrogen-bond acceptors (Lipinski definition) is 4. The van der Waals surface area contributed by atoms with Gasteiger partial charge in [0, 0.05) is 49.0 Å². The third-order valence-corrected chi connectivity index (χ3v) is 12.4. The van der Waals surface area contributed by atoms with Crippen molar-refractivity contribution in [3.05, 3.63) is 212 Å². The number of fused-ring (bicyclic) bond motifs is 9. The largest absolute Gasteiger partial charge is 0.456 e. The minimum atomic E-state index is 0.536. The molecule has 13 rings (SSSR count). The van der Waals surface area contributed by atoms with Crippen molar-refractivity contribution in [2.45, 2.75) is 0 Å². The average Bonchev–Trinajstić information content (AvgIpc) is 4.00. The molecule has 0 aliphatic heterocycles. The zero-order chi connectivity index (χ0) is 41.4. The van der Waals surface area contributed by atoms with E-state index in [-0.39, 0.29) is 0 Å². The molecule has 0 spiro atoms. The molecule has 0 N–H and O–H groups in total. The molecule has 0 unspecified atom stereocenters. The summed E-state index contributed by atoms with van der Waals surface area (Å²) in [5.41, 5.74) is 13.4. The lowest BCUT2D eigenvalue weighted by Crippen LogP contribution is -2.06. The Hall–Kier alpha value is -8.61. The highest BCUT2D eigenvalue weighted by Crippen LogP contribution is 2.42. The molecule has 0 bridgehead atoms. The van der Waals surface area contributed by atoms with E-state index < -0.39 is 0 Å². The van der Waals surface area contributed by atoms with Crippen LogP contribution in [0.3, 0.4) is 0 Å². The fourth-order valence-electron chi connectivity index (χ4n) is 9.47. The number of rotatable bonds is 6. The van der Waals surface area contributed by atoms with Crippen LogP contribution < -0.4 is 0 Å². The van der Waals surface area contributed by atoms with E-state index in [1.165, 1.54) is 21.9 Å². The van der Waals surface area contributed by atoms with Gasteiger partial charge < -0.3 is 8.98 Å². The van der Waals surface area contributed by atoms with Crippen LogP contribution in [0.1, 0.15) is 0 Å². The molecule has 294 valence electrons. The van der Waals surface area contributed by atoms with E-state index in [2.05, 4.69) is 167 Å². The second-order valence-corrected chi connectivity index (χ2v) is 16.0. The Labute approximate surface area is 361 Å². The van der Waals surface area contributed by atoms with Crippen LogP contribution in [0.5, 0.6) is 0 Å². The number of hydrogen-bond donors (Lipinski definition) is 0. The van der Waals surface area contributed by atoms with Crippen LogP contribution in [0.15, 0.2) is 217 Å². The molecule has 0 amide bonds. The van der Waals surface area contributed by atoms with E-state index in [0.717, 1.165) is 82.7 Å². The Kier molecular flexibility index (Phi) is 7.80. The summed E-state index contributed by atoms with van der Waals surface area (Å²) >= 11 is 0. The summed E-state index contributed by atoms with van der Waals surface area (Å²) in [5, 5.41) is 6.74. The molecule has 0 saturated carbocycles. The molecule has 63 heavy (non-hydrogen) atoms. The quantitative estimate of drug-likeness (QED) is 0.168. The third kappa shape index (κ3) is 5.62. The first-order valence-corrected chi connectivity index (χ1v) is 21.2. The van der Waals surface area contributed by atoms with Gasteiger partial charge in [-0.1, -0.05) is 158 Å². The minimum Gasteiger partial charge on any atom is -0.456 e. The first kappa shape index (κ1) is 35.2. The molecule has 0 aliphatic carbocycles. The normalized spacial score (nSPS) is 11.8. The summed E-state index contributed by atoms with van der Waals surface area (Å²) in [6, 6.07) is 74.7. The summed E-state index contributed by atoms with van der Waals surface area (Å²) in [6.45, 7) is 0. The molecular weight excluding hydrogens is 771 g/mol. The zero-order valence-corrected chi connectivity index (χ0v) is 33.9. The van der Waals surface area contributed by atoms with Crippen molar-refractivity contribution in [1.82, 2.24) is 24.1 Å².